The second kappa shape index (κ2) is 5.74. The number of nitrogens with one attached hydrogen (secondary N) is 1. The van der Waals surface area contributed by atoms with E-state index in [2.05, 4.69) is 20.3 Å². The van der Waals surface area contributed by atoms with Gasteiger partial charge in [0, 0.05) is 25.1 Å². The molecule has 0 bridgehead atoms. The molecule has 0 aromatic carbocycles. The maximum Gasteiger partial charge on any atom is 0.354 e. The van der Waals surface area contributed by atoms with Crippen LogP contribution in [0.3, 0.4) is 0 Å². The van der Waals surface area contributed by atoms with E-state index >= 15 is 0 Å². The number of carboxylic acids is 1. The van der Waals surface area contributed by atoms with E-state index in [1.165, 1.54) is 24.7 Å². The van der Waals surface area contributed by atoms with Crippen molar-refractivity contribution >= 4 is 17.7 Å². The third-order valence-corrected chi connectivity index (χ3v) is 2.44. The normalized spacial score (nSPS) is 10.0. The Morgan fingerprint density at radius 2 is 1.95 bits per heavy atom. The number of carbonyl (C=O) groups excluding carboxylic acids is 1. The lowest BCUT2D eigenvalue weighted by molar-refractivity contribution is 0.0690. The summed E-state index contributed by atoms with van der Waals surface area (Å²) >= 11 is 0. The van der Waals surface area contributed by atoms with E-state index < -0.39 is 11.9 Å². The summed E-state index contributed by atoms with van der Waals surface area (Å²) in [6.07, 6.45) is 4.23. The van der Waals surface area contributed by atoms with Crippen molar-refractivity contribution in [2.24, 2.45) is 5.73 Å². The number of hydrogen-bond donors (Lipinski definition) is 3. The number of anilines is 1. The number of pyridine rings is 1. The summed E-state index contributed by atoms with van der Waals surface area (Å²) in [7, 11) is 0. The standard InChI is InChI=1S/C12H11N5O3/c13-10(18)9-11(15-4-3-14-9)17-6-7-1-2-8(12(19)20)16-5-7/h1-5H,6H2,(H2,13,18)(H,15,17)(H,19,20). The largest absolute Gasteiger partial charge is 0.477 e. The van der Waals surface area contributed by atoms with Gasteiger partial charge in [0.1, 0.15) is 5.69 Å². The van der Waals surface area contributed by atoms with Crippen molar-refractivity contribution in [3.63, 3.8) is 0 Å². The fourth-order valence-corrected chi connectivity index (χ4v) is 1.49. The van der Waals surface area contributed by atoms with Crippen molar-refractivity contribution in [3.05, 3.63) is 47.7 Å². The van der Waals surface area contributed by atoms with Gasteiger partial charge in [-0.1, -0.05) is 6.07 Å². The first-order chi connectivity index (χ1) is 9.58. The van der Waals surface area contributed by atoms with Gasteiger partial charge >= 0.3 is 5.97 Å². The summed E-state index contributed by atoms with van der Waals surface area (Å²) in [4.78, 5) is 33.4. The van der Waals surface area contributed by atoms with Gasteiger partial charge in [-0.25, -0.2) is 19.7 Å². The van der Waals surface area contributed by atoms with Crippen molar-refractivity contribution in [1.29, 1.82) is 0 Å². The van der Waals surface area contributed by atoms with Gasteiger partial charge in [0.25, 0.3) is 5.91 Å². The van der Waals surface area contributed by atoms with E-state index in [1.807, 2.05) is 0 Å². The lowest BCUT2D eigenvalue weighted by Crippen LogP contribution is -2.17. The van der Waals surface area contributed by atoms with E-state index in [-0.39, 0.29) is 17.2 Å². The SMILES string of the molecule is NC(=O)c1nccnc1NCc1ccc(C(=O)O)nc1. The smallest absolute Gasteiger partial charge is 0.354 e. The molecule has 2 rings (SSSR count). The van der Waals surface area contributed by atoms with Crippen LogP contribution in [-0.4, -0.2) is 31.9 Å². The van der Waals surface area contributed by atoms with E-state index in [9.17, 15) is 9.59 Å². The molecule has 0 aliphatic rings. The van der Waals surface area contributed by atoms with Crippen molar-refractivity contribution in [3.8, 4) is 0 Å². The summed E-state index contributed by atoms with van der Waals surface area (Å²) < 4.78 is 0. The Labute approximate surface area is 113 Å². The number of carboxylic acid groups (broad SMARTS) is 1. The third kappa shape index (κ3) is 3.05. The molecule has 0 aliphatic heterocycles. The van der Waals surface area contributed by atoms with Crippen LogP contribution in [0.25, 0.3) is 0 Å². The minimum Gasteiger partial charge on any atom is -0.477 e. The van der Waals surface area contributed by atoms with Gasteiger partial charge in [-0.05, 0) is 11.6 Å². The zero-order chi connectivity index (χ0) is 14.5. The van der Waals surface area contributed by atoms with Crippen LogP contribution in [0.4, 0.5) is 5.82 Å². The van der Waals surface area contributed by atoms with E-state index in [4.69, 9.17) is 10.8 Å². The molecule has 0 atom stereocenters. The molecule has 4 N–H and O–H groups in total. The van der Waals surface area contributed by atoms with Crippen molar-refractivity contribution in [2.75, 3.05) is 5.32 Å². The van der Waals surface area contributed by atoms with Crippen molar-refractivity contribution < 1.29 is 14.7 Å². The molecule has 0 saturated heterocycles. The highest BCUT2D eigenvalue weighted by molar-refractivity contribution is 5.95. The molecule has 8 heteroatoms. The van der Waals surface area contributed by atoms with Crippen molar-refractivity contribution in [1.82, 2.24) is 15.0 Å². The number of carbonyl (C=O) groups is 2. The maximum absolute atomic E-state index is 11.2. The first-order valence-corrected chi connectivity index (χ1v) is 5.61. The number of nitrogens with two attached hydrogens (primary N) is 1. The molecule has 102 valence electrons. The fourth-order valence-electron chi connectivity index (χ4n) is 1.49. The Bertz CT molecular complexity index is 642. The summed E-state index contributed by atoms with van der Waals surface area (Å²) in [5.74, 6) is -1.50. The molecular formula is C12H11N5O3. The van der Waals surface area contributed by atoms with Gasteiger partial charge in [-0.15, -0.1) is 0 Å². The maximum atomic E-state index is 11.2. The number of nitrogens with zero attached hydrogens (tertiary/aromatic N) is 3. The zero-order valence-corrected chi connectivity index (χ0v) is 10.3. The quantitative estimate of drug-likeness (QED) is 0.712. The second-order valence-corrected chi connectivity index (χ2v) is 3.83. The fraction of sp³-hybridized carbons (Fsp3) is 0.0833. The Morgan fingerprint density at radius 3 is 2.55 bits per heavy atom. The predicted molar refractivity (Wildman–Crippen MR) is 69.1 cm³/mol. The van der Waals surface area contributed by atoms with E-state index in [0.717, 1.165) is 5.56 Å². The molecule has 2 aromatic heterocycles. The van der Waals surface area contributed by atoms with E-state index in [1.54, 1.807) is 6.07 Å². The molecular weight excluding hydrogens is 262 g/mol. The second-order valence-electron chi connectivity index (χ2n) is 3.83. The monoisotopic (exact) mass is 273 g/mol. The molecule has 0 spiro atoms. The summed E-state index contributed by atoms with van der Waals surface area (Å²) in [5, 5.41) is 11.6. The molecule has 0 radical (unpaired) electrons. The first-order valence-electron chi connectivity index (χ1n) is 5.61. The topological polar surface area (TPSA) is 131 Å². The van der Waals surface area contributed by atoms with Crippen LogP contribution in [0.15, 0.2) is 30.7 Å². The van der Waals surface area contributed by atoms with E-state index in [0.29, 0.717) is 6.54 Å². The Hall–Kier alpha value is -3.03. The number of hydrogen-bond acceptors (Lipinski definition) is 6. The van der Waals surface area contributed by atoms with Gasteiger partial charge in [-0.3, -0.25) is 4.79 Å². The minimum absolute atomic E-state index is 0.0360. The number of aromatic nitrogens is 3. The Balaban J connectivity index is 2.09. The molecule has 0 saturated carbocycles. The molecule has 0 aliphatic carbocycles. The lowest BCUT2D eigenvalue weighted by atomic mass is 10.2. The molecule has 2 heterocycles. The van der Waals surface area contributed by atoms with Crippen LogP contribution >= 0.6 is 0 Å². The molecule has 2 aromatic rings. The summed E-state index contributed by atoms with van der Waals surface area (Å²) in [6, 6.07) is 3.01. The molecule has 8 nitrogen and oxygen atoms in total. The number of aromatic carboxylic acids is 1. The minimum atomic E-state index is -1.09. The highest BCUT2D eigenvalue weighted by Crippen LogP contribution is 2.09. The highest BCUT2D eigenvalue weighted by atomic mass is 16.4. The third-order valence-electron chi connectivity index (χ3n) is 2.44. The summed E-state index contributed by atoms with van der Waals surface area (Å²) in [5.41, 5.74) is 5.92. The molecule has 20 heavy (non-hydrogen) atoms. The zero-order valence-electron chi connectivity index (χ0n) is 10.3. The van der Waals surface area contributed by atoms with Crippen LogP contribution in [0.5, 0.6) is 0 Å². The number of primary amides is 1. The van der Waals surface area contributed by atoms with Crippen LogP contribution in [0.1, 0.15) is 26.5 Å². The van der Waals surface area contributed by atoms with Gasteiger partial charge < -0.3 is 16.2 Å². The Morgan fingerprint density at radius 1 is 1.20 bits per heavy atom. The van der Waals surface area contributed by atoms with Crippen LogP contribution in [-0.2, 0) is 6.54 Å². The lowest BCUT2D eigenvalue weighted by Gasteiger charge is -2.07. The van der Waals surface area contributed by atoms with Crippen LogP contribution < -0.4 is 11.1 Å². The van der Waals surface area contributed by atoms with Crippen LogP contribution in [0, 0.1) is 0 Å². The molecule has 0 fully saturated rings. The highest BCUT2D eigenvalue weighted by Gasteiger charge is 2.10. The van der Waals surface area contributed by atoms with Gasteiger partial charge in [0.15, 0.2) is 11.5 Å². The first kappa shape index (κ1) is 13.4. The van der Waals surface area contributed by atoms with Crippen molar-refractivity contribution in [2.45, 2.75) is 6.54 Å². The molecule has 1 amide bonds. The van der Waals surface area contributed by atoms with Gasteiger partial charge in [0.05, 0.1) is 0 Å². The summed E-state index contributed by atoms with van der Waals surface area (Å²) in [6.45, 7) is 0.311. The average molecular weight is 273 g/mol. The number of amides is 1. The Kier molecular flexibility index (Phi) is 3.85. The predicted octanol–water partition coefficient (Wildman–Crippen LogP) is 0.281. The molecule has 0 unspecified atom stereocenters. The average Bonchev–Trinajstić information content (AvgIpc) is 2.45. The van der Waals surface area contributed by atoms with Gasteiger partial charge in [-0.2, -0.15) is 0 Å². The van der Waals surface area contributed by atoms with Crippen LogP contribution in [0.2, 0.25) is 0 Å². The van der Waals surface area contributed by atoms with Gasteiger partial charge in [0.2, 0.25) is 0 Å². The number of rotatable bonds is 5.